The summed E-state index contributed by atoms with van der Waals surface area (Å²) in [5.74, 6) is 0.271. The first-order chi connectivity index (χ1) is 13.1. The molecule has 0 spiro atoms. The molecule has 3 aromatic heterocycles. The van der Waals surface area contributed by atoms with Crippen LogP contribution >= 0.6 is 11.8 Å². The Hall–Kier alpha value is -2.88. The van der Waals surface area contributed by atoms with Crippen molar-refractivity contribution in [1.29, 1.82) is 0 Å². The zero-order valence-electron chi connectivity index (χ0n) is 14.5. The van der Waals surface area contributed by atoms with E-state index in [0.717, 1.165) is 21.5 Å². The quantitative estimate of drug-likeness (QED) is 0.519. The summed E-state index contributed by atoms with van der Waals surface area (Å²) in [6, 6.07) is 11.3. The molecule has 27 heavy (non-hydrogen) atoms. The molecule has 0 atom stereocenters. The third kappa shape index (κ3) is 3.27. The Bertz CT molecular complexity index is 1110. The molecule has 138 valence electrons. The van der Waals surface area contributed by atoms with Crippen LogP contribution in [-0.4, -0.2) is 34.6 Å². The van der Waals surface area contributed by atoms with Gasteiger partial charge < -0.3 is 4.57 Å². The summed E-state index contributed by atoms with van der Waals surface area (Å²) in [5, 5.41) is 21.1. The van der Waals surface area contributed by atoms with Crippen LogP contribution in [0.25, 0.3) is 17.0 Å². The van der Waals surface area contributed by atoms with Gasteiger partial charge in [-0.15, -0.1) is 20.4 Å². The van der Waals surface area contributed by atoms with Crippen molar-refractivity contribution in [2.24, 2.45) is 0 Å². The van der Waals surface area contributed by atoms with Crippen molar-refractivity contribution in [2.45, 2.75) is 37.0 Å². The number of nitrogens with zero attached hydrogens (tertiary/aromatic N) is 7. The fraction of sp³-hybridized carbons (Fsp3) is 0.235. The van der Waals surface area contributed by atoms with E-state index in [1.165, 1.54) is 11.8 Å². The Labute approximate surface area is 157 Å². The van der Waals surface area contributed by atoms with Crippen LogP contribution in [0.5, 0.6) is 0 Å². The number of halogens is 2. The first-order valence-corrected chi connectivity index (χ1v) is 9.07. The summed E-state index contributed by atoms with van der Waals surface area (Å²) >= 11 is 1.25. The number of alkyl halides is 2. The van der Waals surface area contributed by atoms with Crippen LogP contribution in [0.15, 0.2) is 46.6 Å². The highest BCUT2D eigenvalue weighted by molar-refractivity contribution is 7.99. The van der Waals surface area contributed by atoms with Crippen LogP contribution in [0.1, 0.15) is 24.7 Å². The largest absolute Gasteiger partial charge is 0.302 e. The van der Waals surface area contributed by atoms with Crippen LogP contribution in [0.2, 0.25) is 0 Å². The fourth-order valence-corrected chi connectivity index (χ4v) is 3.57. The van der Waals surface area contributed by atoms with Crippen molar-refractivity contribution in [3.8, 4) is 11.4 Å². The van der Waals surface area contributed by atoms with Gasteiger partial charge >= 0.3 is 0 Å². The van der Waals surface area contributed by atoms with Crippen LogP contribution in [0, 0.1) is 6.92 Å². The summed E-state index contributed by atoms with van der Waals surface area (Å²) in [7, 11) is 0. The number of hydrogen-bond donors (Lipinski definition) is 0. The molecule has 10 heteroatoms. The van der Waals surface area contributed by atoms with Gasteiger partial charge in [-0.25, -0.2) is 8.78 Å². The number of aryl methyl sites for hydroxylation is 1. The van der Waals surface area contributed by atoms with E-state index in [-0.39, 0.29) is 5.65 Å². The van der Waals surface area contributed by atoms with E-state index in [9.17, 15) is 8.78 Å². The van der Waals surface area contributed by atoms with Gasteiger partial charge in [-0.05, 0) is 43.8 Å². The van der Waals surface area contributed by atoms with Gasteiger partial charge in [-0.3, -0.25) is 0 Å². The molecule has 4 aromatic rings. The lowest BCUT2D eigenvalue weighted by molar-refractivity contribution is 0.137. The summed E-state index contributed by atoms with van der Waals surface area (Å²) in [4.78, 5) is 0. The number of hydrogen-bond acceptors (Lipinski definition) is 6. The minimum absolute atomic E-state index is 0.270. The first-order valence-electron chi connectivity index (χ1n) is 8.25. The average molecular weight is 387 g/mol. The number of rotatable bonds is 5. The molecule has 0 fully saturated rings. The topological polar surface area (TPSA) is 73.8 Å². The van der Waals surface area contributed by atoms with Crippen LogP contribution in [0.4, 0.5) is 8.78 Å². The minimum Gasteiger partial charge on any atom is -0.302 e. The van der Waals surface area contributed by atoms with Gasteiger partial charge in [0.1, 0.15) is 5.03 Å². The van der Waals surface area contributed by atoms with E-state index in [2.05, 4.69) is 25.5 Å². The molecule has 4 rings (SSSR count). The molecule has 3 heterocycles. The Balaban J connectivity index is 1.71. The highest BCUT2D eigenvalue weighted by Gasteiger charge is 2.19. The Morgan fingerprint density at radius 2 is 1.93 bits per heavy atom. The van der Waals surface area contributed by atoms with Gasteiger partial charge in [0.2, 0.25) is 5.82 Å². The molecule has 0 bridgehead atoms. The van der Waals surface area contributed by atoms with Gasteiger partial charge in [0, 0.05) is 12.1 Å². The smallest absolute Gasteiger partial charge is 0.299 e. The molecule has 0 aliphatic carbocycles. The zero-order valence-corrected chi connectivity index (χ0v) is 15.4. The predicted octanol–water partition coefficient (Wildman–Crippen LogP) is 3.80. The first kappa shape index (κ1) is 17.5. The average Bonchev–Trinajstić information content (AvgIpc) is 3.25. The van der Waals surface area contributed by atoms with Crippen molar-refractivity contribution in [3.63, 3.8) is 0 Å². The van der Waals surface area contributed by atoms with Gasteiger partial charge in [0.25, 0.3) is 6.43 Å². The highest BCUT2D eigenvalue weighted by atomic mass is 32.2. The maximum absolute atomic E-state index is 13.0. The second-order valence-corrected chi connectivity index (χ2v) is 6.81. The van der Waals surface area contributed by atoms with E-state index in [0.29, 0.717) is 16.7 Å². The van der Waals surface area contributed by atoms with Crippen LogP contribution in [0.3, 0.4) is 0 Å². The molecule has 0 amide bonds. The van der Waals surface area contributed by atoms with Gasteiger partial charge in [0.05, 0.1) is 0 Å². The second-order valence-electron chi connectivity index (χ2n) is 5.82. The van der Waals surface area contributed by atoms with E-state index in [1.54, 1.807) is 12.1 Å². The maximum Gasteiger partial charge on any atom is 0.299 e. The fourth-order valence-electron chi connectivity index (χ4n) is 2.72. The molecule has 0 saturated heterocycles. The van der Waals surface area contributed by atoms with Gasteiger partial charge in [-0.2, -0.15) is 9.61 Å². The lowest BCUT2D eigenvalue weighted by Gasteiger charge is -2.07. The summed E-state index contributed by atoms with van der Waals surface area (Å²) in [5.41, 5.74) is 2.37. The number of fused-ring (bicyclic) bond motifs is 1. The van der Waals surface area contributed by atoms with Gasteiger partial charge in [-0.1, -0.05) is 23.8 Å². The maximum atomic E-state index is 13.0. The molecule has 1 aromatic carbocycles. The molecule has 0 N–H and O–H groups in total. The van der Waals surface area contributed by atoms with Crippen molar-refractivity contribution in [1.82, 2.24) is 34.6 Å². The SMILES string of the molecule is CCn1c(Sc2ccc3nnc(C(F)F)n3n2)nnc1-c1cccc(C)c1. The standard InChI is InChI=1S/C17H15F2N7S/c1-3-25-15(11-6-4-5-10(2)9-11)21-23-17(25)27-13-8-7-12-20-22-16(14(18)19)26(12)24-13/h4-9,14H,3H2,1-2H3. The third-order valence-corrected chi connectivity index (χ3v) is 4.87. The molecule has 0 saturated carbocycles. The third-order valence-electron chi connectivity index (χ3n) is 3.96. The molecular weight excluding hydrogens is 372 g/mol. The molecular formula is C17H15F2N7S. The van der Waals surface area contributed by atoms with E-state index < -0.39 is 12.2 Å². The Morgan fingerprint density at radius 1 is 1.07 bits per heavy atom. The zero-order chi connectivity index (χ0) is 19.0. The molecule has 0 aliphatic heterocycles. The number of aromatic nitrogens is 7. The lowest BCUT2D eigenvalue weighted by Crippen LogP contribution is -2.02. The summed E-state index contributed by atoms with van der Waals surface area (Å²) in [6.45, 7) is 4.68. The molecule has 0 aliphatic rings. The normalized spacial score (nSPS) is 11.6. The van der Waals surface area contributed by atoms with Gasteiger partial charge in [0.15, 0.2) is 16.6 Å². The van der Waals surface area contributed by atoms with E-state index in [1.807, 2.05) is 42.7 Å². The minimum atomic E-state index is -2.75. The van der Waals surface area contributed by atoms with E-state index in [4.69, 9.17) is 0 Å². The number of benzene rings is 1. The molecule has 7 nitrogen and oxygen atoms in total. The van der Waals surface area contributed by atoms with Crippen molar-refractivity contribution >= 4 is 17.4 Å². The molecule has 0 radical (unpaired) electrons. The van der Waals surface area contributed by atoms with Crippen molar-refractivity contribution < 1.29 is 8.78 Å². The Morgan fingerprint density at radius 3 is 2.67 bits per heavy atom. The summed E-state index contributed by atoms with van der Waals surface area (Å²) in [6.07, 6.45) is -2.75. The summed E-state index contributed by atoms with van der Waals surface area (Å²) < 4.78 is 29.1. The van der Waals surface area contributed by atoms with Crippen LogP contribution < -0.4 is 0 Å². The van der Waals surface area contributed by atoms with Crippen molar-refractivity contribution in [3.05, 3.63) is 47.8 Å². The monoisotopic (exact) mass is 387 g/mol. The lowest BCUT2D eigenvalue weighted by atomic mass is 10.1. The van der Waals surface area contributed by atoms with Crippen LogP contribution in [-0.2, 0) is 6.54 Å². The predicted molar refractivity (Wildman–Crippen MR) is 95.7 cm³/mol. The molecule has 0 unspecified atom stereocenters. The Kier molecular flexibility index (Phi) is 4.56. The second kappa shape index (κ2) is 7.03. The van der Waals surface area contributed by atoms with E-state index >= 15 is 0 Å². The highest BCUT2D eigenvalue weighted by Crippen LogP contribution is 2.29. The van der Waals surface area contributed by atoms with Crippen molar-refractivity contribution in [2.75, 3.05) is 0 Å².